The number of likely N-dealkylation sites (tertiary alicyclic amines) is 1. The molecule has 0 saturated carbocycles. The van der Waals surface area contributed by atoms with Gasteiger partial charge >= 0.3 is 6.03 Å². The number of aromatic nitrogens is 2. The van der Waals surface area contributed by atoms with Crippen LogP contribution in [0.1, 0.15) is 17.0 Å². The lowest BCUT2D eigenvalue weighted by atomic mass is 10.2. The molecule has 2 aliphatic heterocycles. The van der Waals surface area contributed by atoms with E-state index in [-0.39, 0.29) is 12.1 Å². The van der Waals surface area contributed by atoms with Crippen LogP contribution >= 0.6 is 11.3 Å². The van der Waals surface area contributed by atoms with Gasteiger partial charge in [-0.2, -0.15) is 0 Å². The van der Waals surface area contributed by atoms with Crippen LogP contribution in [0.3, 0.4) is 0 Å². The van der Waals surface area contributed by atoms with Crippen molar-refractivity contribution in [2.45, 2.75) is 25.6 Å². The van der Waals surface area contributed by atoms with Crippen LogP contribution in [-0.4, -0.2) is 60.8 Å². The van der Waals surface area contributed by atoms with Gasteiger partial charge in [0.1, 0.15) is 6.10 Å². The van der Waals surface area contributed by atoms with Gasteiger partial charge in [0.05, 0.1) is 30.3 Å². The number of rotatable bonds is 4. The van der Waals surface area contributed by atoms with E-state index in [1.807, 2.05) is 31.1 Å². The van der Waals surface area contributed by atoms with Crippen molar-refractivity contribution in [2.24, 2.45) is 0 Å². The summed E-state index contributed by atoms with van der Waals surface area (Å²) in [6.45, 7) is 2.48. The van der Waals surface area contributed by atoms with Crippen LogP contribution in [0, 0.1) is 0 Å². The van der Waals surface area contributed by atoms with Gasteiger partial charge < -0.3 is 19.3 Å². The molecule has 4 heterocycles. The van der Waals surface area contributed by atoms with Crippen molar-refractivity contribution < 1.29 is 14.3 Å². The number of ether oxygens (including phenoxy) is 2. The molecule has 2 aromatic rings. The van der Waals surface area contributed by atoms with E-state index in [9.17, 15) is 4.79 Å². The third kappa shape index (κ3) is 3.98. The second-order valence-electron chi connectivity index (χ2n) is 6.82. The summed E-state index contributed by atoms with van der Waals surface area (Å²) in [5.41, 5.74) is 1.04. The van der Waals surface area contributed by atoms with Crippen molar-refractivity contribution in [3.05, 3.63) is 28.9 Å². The Bertz CT molecular complexity index is 802. The molecule has 1 atom stereocenters. The van der Waals surface area contributed by atoms with Crippen LogP contribution in [-0.2, 0) is 17.8 Å². The summed E-state index contributed by atoms with van der Waals surface area (Å²) in [6, 6.07) is 3.63. The van der Waals surface area contributed by atoms with Crippen LogP contribution in [0.4, 0.5) is 15.7 Å². The van der Waals surface area contributed by atoms with Gasteiger partial charge in [0, 0.05) is 39.7 Å². The number of amides is 2. The zero-order valence-electron chi connectivity index (χ0n) is 15.5. The number of hydrogen-bond acceptors (Lipinski definition) is 7. The van der Waals surface area contributed by atoms with Crippen LogP contribution in [0.5, 0.6) is 5.75 Å². The number of carbonyl (C=O) groups excluding carboxylic acids is 1. The number of anilines is 2. The largest absolute Gasteiger partial charge is 0.485 e. The minimum atomic E-state index is -0.132. The second kappa shape index (κ2) is 7.69. The summed E-state index contributed by atoms with van der Waals surface area (Å²) in [4.78, 5) is 26.2. The number of nitrogens with zero attached hydrogens (tertiary/aromatic N) is 4. The lowest BCUT2D eigenvalue weighted by Gasteiger charge is -2.20. The molecule has 9 heteroatoms. The maximum Gasteiger partial charge on any atom is 0.323 e. The Balaban J connectivity index is 1.35. The molecule has 0 aromatic carbocycles. The summed E-state index contributed by atoms with van der Waals surface area (Å²) in [5, 5.41) is 3.56. The van der Waals surface area contributed by atoms with E-state index < -0.39 is 0 Å². The molecule has 1 fully saturated rings. The van der Waals surface area contributed by atoms with Crippen LogP contribution < -0.4 is 15.0 Å². The van der Waals surface area contributed by atoms with Gasteiger partial charge in [-0.1, -0.05) is 11.3 Å². The number of hydrogen-bond donors (Lipinski definition) is 1. The normalized spacial score (nSPS) is 18.9. The van der Waals surface area contributed by atoms with Crippen LogP contribution in [0.15, 0.2) is 18.3 Å². The summed E-state index contributed by atoms with van der Waals surface area (Å²) < 4.78 is 11.5. The fourth-order valence-electron chi connectivity index (χ4n) is 3.25. The summed E-state index contributed by atoms with van der Waals surface area (Å²) >= 11 is 1.49. The van der Waals surface area contributed by atoms with Gasteiger partial charge in [0.2, 0.25) is 0 Å². The first-order chi connectivity index (χ1) is 13.1. The summed E-state index contributed by atoms with van der Waals surface area (Å²) in [7, 11) is 3.87. The number of pyridine rings is 1. The zero-order chi connectivity index (χ0) is 18.8. The second-order valence-corrected chi connectivity index (χ2v) is 7.90. The fraction of sp³-hybridized carbons (Fsp3) is 0.500. The van der Waals surface area contributed by atoms with Gasteiger partial charge in [-0.3, -0.25) is 5.32 Å². The third-order valence-corrected chi connectivity index (χ3v) is 5.60. The highest BCUT2D eigenvalue weighted by Crippen LogP contribution is 2.29. The lowest BCUT2D eigenvalue weighted by molar-refractivity contribution is 0.112. The Morgan fingerprint density at radius 2 is 2.37 bits per heavy atom. The molecule has 2 aliphatic rings. The van der Waals surface area contributed by atoms with Gasteiger partial charge in [-0.05, 0) is 12.1 Å². The van der Waals surface area contributed by atoms with E-state index in [0.717, 1.165) is 35.0 Å². The van der Waals surface area contributed by atoms with Gasteiger partial charge in [-0.15, -0.1) is 0 Å². The monoisotopic (exact) mass is 389 g/mol. The van der Waals surface area contributed by atoms with E-state index in [0.29, 0.717) is 31.4 Å². The molecule has 1 unspecified atom stereocenters. The van der Waals surface area contributed by atoms with Gasteiger partial charge in [0.15, 0.2) is 16.7 Å². The molecule has 1 N–H and O–H groups in total. The highest BCUT2D eigenvalue weighted by atomic mass is 32.1. The number of urea groups is 1. The fourth-order valence-corrected chi connectivity index (χ4v) is 4.18. The minimum Gasteiger partial charge on any atom is -0.485 e. The van der Waals surface area contributed by atoms with Gasteiger partial charge in [0.25, 0.3) is 0 Å². The average Bonchev–Trinajstić information content (AvgIpc) is 3.28. The molecular weight excluding hydrogens is 366 g/mol. The number of nitrogens with one attached hydrogen (secondary N) is 1. The number of fused-ring (bicyclic) bond motifs is 1. The van der Waals surface area contributed by atoms with Gasteiger partial charge in [-0.25, -0.2) is 14.8 Å². The molecule has 0 bridgehead atoms. The first kappa shape index (κ1) is 18.0. The van der Waals surface area contributed by atoms with Crippen molar-refractivity contribution in [1.29, 1.82) is 0 Å². The molecule has 8 nitrogen and oxygen atoms in total. The number of thiazole rings is 1. The minimum absolute atomic E-state index is 0.0449. The molecular formula is C18H23N5O3S. The van der Waals surface area contributed by atoms with Crippen LogP contribution in [0.25, 0.3) is 0 Å². The van der Waals surface area contributed by atoms with E-state index in [4.69, 9.17) is 9.47 Å². The highest BCUT2D eigenvalue weighted by Gasteiger charge is 2.29. The topological polar surface area (TPSA) is 79.8 Å². The third-order valence-electron chi connectivity index (χ3n) is 4.61. The first-order valence-corrected chi connectivity index (χ1v) is 9.83. The molecule has 0 radical (unpaired) electrons. The molecule has 27 heavy (non-hydrogen) atoms. The quantitative estimate of drug-likeness (QED) is 0.865. The van der Waals surface area contributed by atoms with E-state index >= 15 is 0 Å². The Hall–Kier alpha value is -2.39. The van der Waals surface area contributed by atoms with Crippen molar-refractivity contribution in [1.82, 2.24) is 14.9 Å². The summed E-state index contributed by atoms with van der Waals surface area (Å²) in [5.74, 6) is 1.53. The Kier molecular flexibility index (Phi) is 5.13. The van der Waals surface area contributed by atoms with E-state index in [2.05, 4.69) is 15.3 Å². The Labute approximate surface area is 162 Å². The lowest BCUT2D eigenvalue weighted by Crippen LogP contribution is -2.34. The molecule has 4 rings (SSSR count). The molecule has 0 aliphatic carbocycles. The maximum absolute atomic E-state index is 12.6. The van der Waals surface area contributed by atoms with Crippen molar-refractivity contribution >= 4 is 28.3 Å². The molecule has 2 amide bonds. The molecule has 0 spiro atoms. The van der Waals surface area contributed by atoms with Crippen LogP contribution in [0.2, 0.25) is 0 Å². The van der Waals surface area contributed by atoms with E-state index in [1.54, 1.807) is 11.1 Å². The Morgan fingerprint density at radius 1 is 1.48 bits per heavy atom. The van der Waals surface area contributed by atoms with Crippen molar-refractivity contribution in [2.75, 3.05) is 44.0 Å². The highest BCUT2D eigenvalue weighted by molar-refractivity contribution is 7.15. The molecule has 2 aromatic heterocycles. The summed E-state index contributed by atoms with van der Waals surface area (Å²) in [6.07, 6.45) is 3.30. The van der Waals surface area contributed by atoms with Crippen molar-refractivity contribution in [3.63, 3.8) is 0 Å². The molecule has 1 saturated heterocycles. The zero-order valence-corrected chi connectivity index (χ0v) is 16.3. The predicted molar refractivity (Wildman–Crippen MR) is 104 cm³/mol. The molecule has 144 valence electrons. The maximum atomic E-state index is 12.6. The average molecular weight is 389 g/mol. The smallest absolute Gasteiger partial charge is 0.323 e. The van der Waals surface area contributed by atoms with Crippen molar-refractivity contribution in [3.8, 4) is 5.75 Å². The van der Waals surface area contributed by atoms with E-state index in [1.165, 1.54) is 11.3 Å². The SMILES string of the molecule is CN(C)c1ncccc1OC1CCN(C(=O)Nc2nc3c(s2)COCC3)C1. The first-order valence-electron chi connectivity index (χ1n) is 9.01. The standard InChI is InChI=1S/C18H23N5O3S/c1-22(2)16-14(4-3-7-19-16)26-12-5-8-23(10-12)18(24)21-17-20-13-6-9-25-11-15(13)27-17/h3-4,7,12H,5-6,8-11H2,1-2H3,(H,20,21,24). The number of carbonyl (C=O) groups is 1. The Morgan fingerprint density at radius 3 is 3.19 bits per heavy atom. The predicted octanol–water partition coefficient (Wildman–Crippen LogP) is 2.36.